The molecule has 2 amide bonds. The second kappa shape index (κ2) is 2.82. The maximum absolute atomic E-state index is 10.5. The number of aromatic nitrogens is 1. The van der Waals surface area contributed by atoms with Crippen LogP contribution in [0.1, 0.15) is 0 Å². The maximum atomic E-state index is 10.5. The Balaban J connectivity index is 2.42. The van der Waals surface area contributed by atoms with Crippen LogP contribution in [0.4, 0.5) is 10.5 Å². The van der Waals surface area contributed by atoms with Crippen molar-refractivity contribution < 1.29 is 4.79 Å². The molecule has 13 heavy (non-hydrogen) atoms. The van der Waals surface area contributed by atoms with Gasteiger partial charge in [-0.2, -0.15) is 0 Å². The number of aromatic amines is 1. The number of nitrogens with one attached hydrogen (secondary N) is 2. The summed E-state index contributed by atoms with van der Waals surface area (Å²) in [6.07, 6.45) is 1.85. The van der Waals surface area contributed by atoms with Crippen LogP contribution in [0.3, 0.4) is 0 Å². The fraction of sp³-hybridized carbons (Fsp3) is 0. The normalized spacial score (nSPS) is 10.2. The number of nitrogens with two attached hydrogens (primary N) is 1. The van der Waals surface area contributed by atoms with Crippen LogP contribution < -0.4 is 11.1 Å². The lowest BCUT2D eigenvalue weighted by molar-refractivity contribution is 0.259. The molecule has 0 saturated heterocycles. The zero-order chi connectivity index (χ0) is 9.26. The highest BCUT2D eigenvalue weighted by atomic mass is 16.2. The van der Waals surface area contributed by atoms with Crippen LogP contribution in [-0.4, -0.2) is 11.0 Å². The average molecular weight is 175 g/mol. The fourth-order valence-electron chi connectivity index (χ4n) is 1.27. The Hall–Kier alpha value is -1.97. The summed E-state index contributed by atoms with van der Waals surface area (Å²) in [5.41, 5.74) is 6.73. The van der Waals surface area contributed by atoms with Gasteiger partial charge in [0, 0.05) is 22.8 Å². The van der Waals surface area contributed by atoms with Crippen molar-refractivity contribution in [3.63, 3.8) is 0 Å². The van der Waals surface area contributed by atoms with Gasteiger partial charge < -0.3 is 16.0 Å². The minimum absolute atomic E-state index is 0.546. The molecule has 0 atom stereocenters. The van der Waals surface area contributed by atoms with Crippen LogP contribution in [-0.2, 0) is 0 Å². The van der Waals surface area contributed by atoms with Gasteiger partial charge in [0.25, 0.3) is 0 Å². The molecule has 1 aromatic carbocycles. The predicted molar refractivity (Wildman–Crippen MR) is 51.5 cm³/mol. The van der Waals surface area contributed by atoms with Crippen LogP contribution in [0.25, 0.3) is 10.9 Å². The standard InChI is InChI=1S/C9H9N3O/c10-9(13)12-7-1-2-8-6(5-7)3-4-11-8/h1-5,11H,(H3,10,12,13). The zero-order valence-corrected chi connectivity index (χ0v) is 6.87. The molecule has 0 saturated carbocycles. The van der Waals surface area contributed by atoms with E-state index < -0.39 is 6.03 Å². The highest BCUT2D eigenvalue weighted by molar-refractivity contribution is 5.91. The second-order valence-corrected chi connectivity index (χ2v) is 2.77. The third-order valence-corrected chi connectivity index (χ3v) is 1.82. The van der Waals surface area contributed by atoms with Crippen molar-refractivity contribution >= 4 is 22.6 Å². The van der Waals surface area contributed by atoms with Crippen LogP contribution >= 0.6 is 0 Å². The largest absolute Gasteiger partial charge is 0.361 e. The summed E-state index contributed by atoms with van der Waals surface area (Å²) in [5, 5.41) is 3.56. The lowest BCUT2D eigenvalue weighted by Gasteiger charge is -2.00. The first-order valence-electron chi connectivity index (χ1n) is 3.89. The molecule has 0 radical (unpaired) electrons. The Morgan fingerprint density at radius 1 is 1.38 bits per heavy atom. The van der Waals surface area contributed by atoms with Gasteiger partial charge in [-0.1, -0.05) is 0 Å². The molecule has 0 unspecified atom stereocenters. The molecule has 4 N–H and O–H groups in total. The quantitative estimate of drug-likeness (QED) is 0.606. The minimum atomic E-state index is -0.546. The summed E-state index contributed by atoms with van der Waals surface area (Å²) < 4.78 is 0. The number of carbonyl (C=O) groups is 1. The van der Waals surface area contributed by atoms with E-state index in [1.54, 1.807) is 6.07 Å². The number of urea groups is 1. The van der Waals surface area contributed by atoms with Crippen molar-refractivity contribution in [1.82, 2.24) is 4.98 Å². The van der Waals surface area contributed by atoms with Gasteiger partial charge in [-0.05, 0) is 24.3 Å². The van der Waals surface area contributed by atoms with Crippen LogP contribution in [0, 0.1) is 0 Å². The molecule has 1 heterocycles. The number of amides is 2. The molecule has 66 valence electrons. The molecule has 2 rings (SSSR count). The zero-order valence-electron chi connectivity index (χ0n) is 6.87. The fourth-order valence-corrected chi connectivity index (χ4v) is 1.27. The molecule has 0 aliphatic rings. The third kappa shape index (κ3) is 1.46. The first kappa shape index (κ1) is 7.67. The molecular formula is C9H9N3O. The smallest absolute Gasteiger partial charge is 0.316 e. The Bertz CT molecular complexity index is 447. The predicted octanol–water partition coefficient (Wildman–Crippen LogP) is 1.66. The van der Waals surface area contributed by atoms with Crippen molar-refractivity contribution in [2.75, 3.05) is 5.32 Å². The summed E-state index contributed by atoms with van der Waals surface area (Å²) in [7, 11) is 0. The number of rotatable bonds is 1. The molecule has 0 aliphatic heterocycles. The van der Waals surface area contributed by atoms with Crippen molar-refractivity contribution in [3.05, 3.63) is 30.5 Å². The van der Waals surface area contributed by atoms with Crippen molar-refractivity contribution in [3.8, 4) is 0 Å². The highest BCUT2D eigenvalue weighted by Crippen LogP contribution is 2.17. The van der Waals surface area contributed by atoms with Gasteiger partial charge in [-0.15, -0.1) is 0 Å². The van der Waals surface area contributed by atoms with E-state index in [4.69, 9.17) is 5.73 Å². The Morgan fingerprint density at radius 3 is 3.00 bits per heavy atom. The van der Waals surface area contributed by atoms with Gasteiger partial charge in [-0.25, -0.2) is 4.79 Å². The van der Waals surface area contributed by atoms with Gasteiger partial charge in [0.1, 0.15) is 0 Å². The molecular weight excluding hydrogens is 166 g/mol. The lowest BCUT2D eigenvalue weighted by Crippen LogP contribution is -2.19. The first-order chi connectivity index (χ1) is 6.25. The van der Waals surface area contributed by atoms with Gasteiger partial charge in [0.15, 0.2) is 0 Å². The number of H-pyrrole nitrogens is 1. The van der Waals surface area contributed by atoms with Crippen LogP contribution in [0.2, 0.25) is 0 Å². The van der Waals surface area contributed by atoms with Gasteiger partial charge in [0.05, 0.1) is 0 Å². The first-order valence-corrected chi connectivity index (χ1v) is 3.89. The molecule has 0 fully saturated rings. The van der Waals surface area contributed by atoms with E-state index in [0.29, 0.717) is 5.69 Å². The maximum Gasteiger partial charge on any atom is 0.316 e. The Labute approximate surface area is 74.7 Å². The number of fused-ring (bicyclic) bond motifs is 1. The van der Waals surface area contributed by atoms with Crippen molar-refractivity contribution in [2.45, 2.75) is 0 Å². The number of hydrogen-bond donors (Lipinski definition) is 3. The number of benzene rings is 1. The molecule has 2 aromatic rings. The summed E-state index contributed by atoms with van der Waals surface area (Å²) in [4.78, 5) is 13.6. The topological polar surface area (TPSA) is 70.9 Å². The Morgan fingerprint density at radius 2 is 2.23 bits per heavy atom. The second-order valence-electron chi connectivity index (χ2n) is 2.77. The molecule has 0 aliphatic carbocycles. The van der Waals surface area contributed by atoms with Crippen molar-refractivity contribution in [1.29, 1.82) is 0 Å². The SMILES string of the molecule is NC(=O)Nc1ccc2[nH]ccc2c1. The van der Waals surface area contributed by atoms with Gasteiger partial charge in [0.2, 0.25) is 0 Å². The van der Waals surface area contributed by atoms with Gasteiger partial charge in [-0.3, -0.25) is 0 Å². The molecule has 4 heteroatoms. The number of hydrogen-bond acceptors (Lipinski definition) is 1. The van der Waals surface area contributed by atoms with Gasteiger partial charge >= 0.3 is 6.03 Å². The minimum Gasteiger partial charge on any atom is -0.361 e. The Kier molecular flexibility index (Phi) is 1.66. The lowest BCUT2D eigenvalue weighted by atomic mass is 10.2. The van der Waals surface area contributed by atoms with E-state index in [1.165, 1.54) is 0 Å². The number of carbonyl (C=O) groups excluding carboxylic acids is 1. The summed E-state index contributed by atoms with van der Waals surface area (Å²) in [6, 6.07) is 6.93. The third-order valence-electron chi connectivity index (χ3n) is 1.82. The van der Waals surface area contributed by atoms with E-state index in [-0.39, 0.29) is 0 Å². The van der Waals surface area contributed by atoms with E-state index >= 15 is 0 Å². The summed E-state index contributed by atoms with van der Waals surface area (Å²) in [6.45, 7) is 0. The van der Waals surface area contributed by atoms with E-state index in [1.807, 2.05) is 24.4 Å². The average Bonchev–Trinajstić information content (AvgIpc) is 2.49. The number of primary amides is 1. The number of anilines is 1. The van der Waals surface area contributed by atoms with Crippen LogP contribution in [0.15, 0.2) is 30.5 Å². The van der Waals surface area contributed by atoms with Crippen molar-refractivity contribution in [2.24, 2.45) is 5.73 Å². The summed E-state index contributed by atoms with van der Waals surface area (Å²) >= 11 is 0. The molecule has 1 aromatic heterocycles. The molecule has 4 nitrogen and oxygen atoms in total. The summed E-state index contributed by atoms with van der Waals surface area (Å²) in [5.74, 6) is 0. The van der Waals surface area contributed by atoms with E-state index in [9.17, 15) is 4.79 Å². The van der Waals surface area contributed by atoms with Crippen LogP contribution in [0.5, 0.6) is 0 Å². The molecule has 0 bridgehead atoms. The van der Waals surface area contributed by atoms with E-state index in [0.717, 1.165) is 10.9 Å². The molecule has 0 spiro atoms. The monoisotopic (exact) mass is 175 g/mol. The van der Waals surface area contributed by atoms with E-state index in [2.05, 4.69) is 10.3 Å². The highest BCUT2D eigenvalue weighted by Gasteiger charge is 1.98.